The van der Waals surface area contributed by atoms with E-state index in [1.54, 1.807) is 24.3 Å². The molecule has 38 heavy (non-hydrogen) atoms. The molecule has 0 bridgehead atoms. The summed E-state index contributed by atoms with van der Waals surface area (Å²) >= 11 is 5.92. The highest BCUT2D eigenvalue weighted by molar-refractivity contribution is 6.30. The Kier molecular flexibility index (Phi) is 9.37. The van der Waals surface area contributed by atoms with Gasteiger partial charge >= 0.3 is 5.97 Å². The molecule has 0 heterocycles. The van der Waals surface area contributed by atoms with Gasteiger partial charge in [0, 0.05) is 17.0 Å². The van der Waals surface area contributed by atoms with Crippen LogP contribution in [0.1, 0.15) is 27.0 Å². The quantitative estimate of drug-likeness (QED) is 0.241. The van der Waals surface area contributed by atoms with E-state index < -0.39 is 17.9 Å². The third-order valence-electron chi connectivity index (χ3n) is 5.82. The van der Waals surface area contributed by atoms with Gasteiger partial charge in [-0.2, -0.15) is 0 Å². The number of amides is 1. The molecule has 1 N–H and O–H groups in total. The van der Waals surface area contributed by atoms with Gasteiger partial charge in [-0.3, -0.25) is 4.79 Å². The van der Waals surface area contributed by atoms with Gasteiger partial charge < -0.3 is 19.5 Å². The average Bonchev–Trinajstić information content (AvgIpc) is 2.96. The number of hydrogen-bond acceptors (Lipinski definition) is 5. The first-order valence-corrected chi connectivity index (χ1v) is 12.5. The van der Waals surface area contributed by atoms with Crippen molar-refractivity contribution in [2.75, 3.05) is 7.11 Å². The van der Waals surface area contributed by atoms with E-state index >= 15 is 0 Å². The number of methoxy groups -OCH3 is 1. The van der Waals surface area contributed by atoms with Crippen LogP contribution in [0.2, 0.25) is 5.02 Å². The highest BCUT2D eigenvalue weighted by atomic mass is 35.5. The van der Waals surface area contributed by atoms with E-state index in [0.717, 1.165) is 16.7 Å². The Hall–Kier alpha value is -4.29. The summed E-state index contributed by atoms with van der Waals surface area (Å²) in [4.78, 5) is 25.3. The number of carbonyl (C=O) groups is 2. The predicted octanol–water partition coefficient (Wildman–Crippen LogP) is 6.01. The molecule has 7 heteroatoms. The molecule has 4 aromatic carbocycles. The van der Waals surface area contributed by atoms with Crippen molar-refractivity contribution < 1.29 is 23.8 Å². The van der Waals surface area contributed by atoms with Crippen LogP contribution < -0.4 is 14.8 Å². The molecule has 4 rings (SSSR count). The number of hydrogen-bond donors (Lipinski definition) is 1. The third kappa shape index (κ3) is 7.60. The number of carbonyl (C=O) groups excluding carboxylic acids is 2. The number of rotatable bonds is 11. The molecule has 0 radical (unpaired) electrons. The van der Waals surface area contributed by atoms with Crippen LogP contribution in [0.25, 0.3) is 0 Å². The van der Waals surface area contributed by atoms with Gasteiger partial charge in [-0.1, -0.05) is 78.3 Å². The smallest absolute Gasteiger partial charge is 0.328 e. The van der Waals surface area contributed by atoms with Crippen molar-refractivity contribution in [3.63, 3.8) is 0 Å². The first-order valence-electron chi connectivity index (χ1n) is 12.1. The van der Waals surface area contributed by atoms with Crippen molar-refractivity contribution in [3.8, 4) is 11.5 Å². The number of ether oxygens (including phenoxy) is 3. The highest BCUT2D eigenvalue weighted by Crippen LogP contribution is 2.31. The molecular formula is C31H28ClNO5. The third-order valence-corrected chi connectivity index (χ3v) is 6.07. The van der Waals surface area contributed by atoms with E-state index in [9.17, 15) is 9.59 Å². The van der Waals surface area contributed by atoms with Crippen LogP contribution in [0.4, 0.5) is 0 Å². The van der Waals surface area contributed by atoms with E-state index in [2.05, 4.69) is 5.32 Å². The summed E-state index contributed by atoms with van der Waals surface area (Å²) in [6.45, 7) is 0.726. The zero-order chi connectivity index (χ0) is 26.7. The van der Waals surface area contributed by atoms with Gasteiger partial charge in [0.25, 0.3) is 5.91 Å². The van der Waals surface area contributed by atoms with E-state index in [-0.39, 0.29) is 6.42 Å². The van der Waals surface area contributed by atoms with Gasteiger partial charge in [0.2, 0.25) is 0 Å². The van der Waals surface area contributed by atoms with Crippen LogP contribution in [0, 0.1) is 0 Å². The summed E-state index contributed by atoms with van der Waals surface area (Å²) in [7, 11) is 1.29. The Bertz CT molecular complexity index is 1340. The molecule has 4 aromatic rings. The second-order valence-electron chi connectivity index (χ2n) is 8.59. The SMILES string of the molecule is COC(=O)[C@H](Cc1ccc(OCc2ccccc2)c(OCc2ccccc2)c1)NC(=O)c1ccc(Cl)cc1. The van der Waals surface area contributed by atoms with E-state index in [4.69, 9.17) is 25.8 Å². The second-order valence-corrected chi connectivity index (χ2v) is 9.03. The van der Waals surface area contributed by atoms with Crippen molar-refractivity contribution in [1.82, 2.24) is 5.32 Å². The molecule has 1 atom stereocenters. The van der Waals surface area contributed by atoms with Crippen molar-refractivity contribution in [3.05, 3.63) is 130 Å². The maximum Gasteiger partial charge on any atom is 0.328 e. The normalized spacial score (nSPS) is 11.3. The summed E-state index contributed by atoms with van der Waals surface area (Å²) in [5, 5.41) is 3.28. The molecule has 0 fully saturated rings. The van der Waals surface area contributed by atoms with Gasteiger partial charge in [0.15, 0.2) is 11.5 Å². The Morgan fingerprint density at radius 2 is 1.32 bits per heavy atom. The Morgan fingerprint density at radius 1 is 0.737 bits per heavy atom. The van der Waals surface area contributed by atoms with Crippen LogP contribution in [0.3, 0.4) is 0 Å². The minimum atomic E-state index is -0.902. The topological polar surface area (TPSA) is 73.9 Å². The fourth-order valence-electron chi connectivity index (χ4n) is 3.80. The summed E-state index contributed by atoms with van der Waals surface area (Å²) in [6.07, 6.45) is 0.201. The van der Waals surface area contributed by atoms with Crippen molar-refractivity contribution in [2.24, 2.45) is 0 Å². The first kappa shape index (κ1) is 26.8. The van der Waals surface area contributed by atoms with Crippen LogP contribution >= 0.6 is 11.6 Å². The summed E-state index contributed by atoms with van der Waals surface area (Å²) < 4.78 is 17.2. The molecule has 0 aliphatic rings. The van der Waals surface area contributed by atoms with Gasteiger partial charge in [-0.15, -0.1) is 0 Å². The van der Waals surface area contributed by atoms with Gasteiger partial charge in [0.05, 0.1) is 7.11 Å². The molecule has 0 unspecified atom stereocenters. The number of esters is 1. The van der Waals surface area contributed by atoms with Gasteiger partial charge in [-0.05, 0) is 53.1 Å². The van der Waals surface area contributed by atoms with Crippen molar-refractivity contribution in [1.29, 1.82) is 0 Å². The summed E-state index contributed by atoms with van der Waals surface area (Å²) in [5.41, 5.74) is 3.20. The Morgan fingerprint density at radius 3 is 1.89 bits per heavy atom. The zero-order valence-electron chi connectivity index (χ0n) is 20.9. The molecule has 0 aromatic heterocycles. The fourth-order valence-corrected chi connectivity index (χ4v) is 3.92. The van der Waals surface area contributed by atoms with Crippen LogP contribution in [-0.2, 0) is 29.2 Å². The van der Waals surface area contributed by atoms with Crippen molar-refractivity contribution >= 4 is 23.5 Å². The minimum absolute atomic E-state index is 0.201. The summed E-state index contributed by atoms with van der Waals surface area (Å²) in [6, 6.07) is 30.7. The molecule has 0 spiro atoms. The number of nitrogens with one attached hydrogen (secondary N) is 1. The number of halogens is 1. The monoisotopic (exact) mass is 529 g/mol. The van der Waals surface area contributed by atoms with E-state index in [0.29, 0.717) is 35.3 Å². The molecular weight excluding hydrogens is 502 g/mol. The van der Waals surface area contributed by atoms with Gasteiger partial charge in [0.1, 0.15) is 19.3 Å². The minimum Gasteiger partial charge on any atom is -0.485 e. The Labute approximate surface area is 227 Å². The molecule has 0 saturated heterocycles. The first-order chi connectivity index (χ1) is 18.5. The van der Waals surface area contributed by atoms with E-state index in [1.807, 2.05) is 78.9 Å². The Balaban J connectivity index is 1.53. The molecule has 194 valence electrons. The molecule has 6 nitrogen and oxygen atoms in total. The van der Waals surface area contributed by atoms with E-state index in [1.165, 1.54) is 7.11 Å². The zero-order valence-corrected chi connectivity index (χ0v) is 21.7. The predicted molar refractivity (Wildman–Crippen MR) is 146 cm³/mol. The maximum atomic E-state index is 12.8. The highest BCUT2D eigenvalue weighted by Gasteiger charge is 2.23. The van der Waals surface area contributed by atoms with Crippen LogP contribution in [0.5, 0.6) is 11.5 Å². The summed E-state index contributed by atoms with van der Waals surface area (Å²) in [5.74, 6) is 0.159. The largest absolute Gasteiger partial charge is 0.485 e. The van der Waals surface area contributed by atoms with Crippen molar-refractivity contribution in [2.45, 2.75) is 25.7 Å². The lowest BCUT2D eigenvalue weighted by Gasteiger charge is -2.19. The van der Waals surface area contributed by atoms with Crippen LogP contribution in [0.15, 0.2) is 103 Å². The standard InChI is InChI=1S/C31H28ClNO5/c1-36-31(35)27(33-30(34)25-13-15-26(32)16-14-25)18-24-12-17-28(37-20-22-8-4-2-5-9-22)29(19-24)38-21-23-10-6-3-7-11-23/h2-17,19,27H,18,20-21H2,1H3,(H,33,34)/t27-/m0/s1. The molecule has 0 aliphatic heterocycles. The maximum absolute atomic E-state index is 12.8. The lowest BCUT2D eigenvalue weighted by Crippen LogP contribution is -2.43. The van der Waals surface area contributed by atoms with Crippen LogP contribution in [-0.4, -0.2) is 25.0 Å². The number of benzene rings is 4. The average molecular weight is 530 g/mol. The molecule has 0 saturated carbocycles. The second kappa shape index (κ2) is 13.3. The lowest BCUT2D eigenvalue weighted by atomic mass is 10.0. The molecule has 1 amide bonds. The fraction of sp³-hybridized carbons (Fsp3) is 0.161. The lowest BCUT2D eigenvalue weighted by molar-refractivity contribution is -0.142. The van der Waals surface area contributed by atoms with Gasteiger partial charge in [-0.25, -0.2) is 4.79 Å². The molecule has 0 aliphatic carbocycles.